The van der Waals surface area contributed by atoms with Gasteiger partial charge >= 0.3 is 0 Å². The zero-order chi connectivity index (χ0) is 20.5. The Kier molecular flexibility index (Phi) is 7.34. The van der Waals surface area contributed by atoms with Gasteiger partial charge in [-0.15, -0.1) is 0 Å². The van der Waals surface area contributed by atoms with Gasteiger partial charge in [-0.25, -0.2) is 0 Å². The molecule has 144 valence electrons. The van der Waals surface area contributed by atoms with Crippen LogP contribution in [0.1, 0.15) is 23.1 Å². The second-order valence-electron chi connectivity index (χ2n) is 5.91. The molecule has 5 nitrogen and oxygen atoms in total. The molecule has 28 heavy (non-hydrogen) atoms. The largest absolute Gasteiger partial charge is 0.504 e. The van der Waals surface area contributed by atoms with Gasteiger partial charge in [0.05, 0.1) is 20.6 Å². The van der Waals surface area contributed by atoms with Crippen molar-refractivity contribution in [3.63, 3.8) is 0 Å². The van der Waals surface area contributed by atoms with Crippen molar-refractivity contribution in [3.05, 3.63) is 71.8 Å². The highest BCUT2D eigenvalue weighted by Gasteiger charge is 2.05. The summed E-state index contributed by atoms with van der Waals surface area (Å²) in [6.07, 6.45) is 7.37. The second kappa shape index (κ2) is 9.92. The molecule has 0 heterocycles. The Hall–Kier alpha value is -3.60. The summed E-state index contributed by atoms with van der Waals surface area (Å²) < 4.78 is 10.3. The Morgan fingerprint density at radius 1 is 0.929 bits per heavy atom. The van der Waals surface area contributed by atoms with E-state index in [1.54, 1.807) is 43.5 Å². The molecule has 2 rings (SSSR count). The van der Waals surface area contributed by atoms with E-state index in [2.05, 4.69) is 6.58 Å². The summed E-state index contributed by atoms with van der Waals surface area (Å²) in [7, 11) is 3.01. The number of phenols is 1. The molecular formula is C23H22O5. The first-order valence-corrected chi connectivity index (χ1v) is 8.56. The summed E-state index contributed by atoms with van der Waals surface area (Å²) in [6.45, 7) is 3.71. The number of hydrogen-bond donors (Lipinski definition) is 1. The fraction of sp³-hybridized carbons (Fsp3) is 0.130. The van der Waals surface area contributed by atoms with Crippen molar-refractivity contribution in [3.8, 4) is 17.2 Å². The number of benzene rings is 2. The fourth-order valence-corrected chi connectivity index (χ4v) is 2.47. The normalized spacial score (nSPS) is 10.9. The van der Waals surface area contributed by atoms with Crippen molar-refractivity contribution >= 4 is 29.8 Å². The van der Waals surface area contributed by atoms with E-state index in [0.717, 1.165) is 11.1 Å². The van der Waals surface area contributed by atoms with Gasteiger partial charge < -0.3 is 14.6 Å². The van der Waals surface area contributed by atoms with Gasteiger partial charge in [0.1, 0.15) is 5.75 Å². The van der Waals surface area contributed by atoms with Crippen LogP contribution < -0.4 is 9.47 Å². The lowest BCUT2D eigenvalue weighted by molar-refractivity contribution is -0.121. The number of allylic oxidation sites excluding steroid dienone is 2. The van der Waals surface area contributed by atoms with Crippen LogP contribution in [0, 0.1) is 0 Å². The minimum absolute atomic E-state index is 0.0176. The van der Waals surface area contributed by atoms with Crippen LogP contribution >= 0.6 is 0 Å². The number of ether oxygens (including phenoxy) is 2. The van der Waals surface area contributed by atoms with Crippen LogP contribution in [-0.4, -0.2) is 30.9 Å². The molecule has 0 spiro atoms. The first-order valence-electron chi connectivity index (χ1n) is 8.56. The lowest BCUT2D eigenvalue weighted by atomic mass is 10.1. The summed E-state index contributed by atoms with van der Waals surface area (Å²) >= 11 is 0. The Bertz CT molecular complexity index is 938. The Balaban J connectivity index is 1.98. The van der Waals surface area contributed by atoms with E-state index < -0.39 is 0 Å². The zero-order valence-corrected chi connectivity index (χ0v) is 15.8. The summed E-state index contributed by atoms with van der Waals surface area (Å²) in [5.41, 5.74) is 2.33. The van der Waals surface area contributed by atoms with Crippen molar-refractivity contribution < 1.29 is 24.2 Å². The van der Waals surface area contributed by atoms with Crippen LogP contribution in [0.25, 0.3) is 18.2 Å². The molecule has 0 amide bonds. The molecule has 1 N–H and O–H groups in total. The molecule has 0 radical (unpaired) electrons. The number of rotatable bonds is 9. The first-order chi connectivity index (χ1) is 13.5. The quantitative estimate of drug-likeness (QED) is 0.520. The van der Waals surface area contributed by atoms with Crippen molar-refractivity contribution in [1.82, 2.24) is 0 Å². The minimum Gasteiger partial charge on any atom is -0.504 e. The van der Waals surface area contributed by atoms with Gasteiger partial charge in [-0.05, 0) is 41.5 Å². The molecular weight excluding hydrogens is 356 g/mol. The van der Waals surface area contributed by atoms with Crippen LogP contribution in [0.5, 0.6) is 17.2 Å². The molecule has 2 aromatic carbocycles. The summed E-state index contributed by atoms with van der Waals surface area (Å²) in [5, 5.41) is 9.57. The molecule has 2 aromatic rings. The predicted octanol–water partition coefficient (Wildman–Crippen LogP) is 4.31. The fourth-order valence-electron chi connectivity index (χ4n) is 2.47. The molecule has 0 aromatic heterocycles. The Morgan fingerprint density at radius 3 is 2.00 bits per heavy atom. The summed E-state index contributed by atoms with van der Waals surface area (Å²) in [5.74, 6) is 0.370. The third-order valence-corrected chi connectivity index (χ3v) is 3.95. The van der Waals surface area contributed by atoms with E-state index in [1.807, 2.05) is 12.1 Å². The zero-order valence-electron chi connectivity index (χ0n) is 15.8. The second-order valence-corrected chi connectivity index (χ2v) is 5.91. The lowest BCUT2D eigenvalue weighted by Gasteiger charge is -2.05. The first kappa shape index (κ1) is 20.7. The van der Waals surface area contributed by atoms with E-state index in [1.165, 1.54) is 25.3 Å². The topological polar surface area (TPSA) is 72.8 Å². The van der Waals surface area contributed by atoms with Gasteiger partial charge in [-0.3, -0.25) is 9.59 Å². The van der Waals surface area contributed by atoms with Gasteiger partial charge in [-0.1, -0.05) is 43.0 Å². The molecule has 0 aliphatic rings. The van der Waals surface area contributed by atoms with Gasteiger partial charge in [0.25, 0.3) is 0 Å². The number of ketones is 2. The average molecular weight is 378 g/mol. The number of hydrogen-bond acceptors (Lipinski definition) is 5. The van der Waals surface area contributed by atoms with E-state index in [9.17, 15) is 14.7 Å². The van der Waals surface area contributed by atoms with E-state index >= 15 is 0 Å². The molecule has 0 aliphatic heterocycles. The monoisotopic (exact) mass is 378 g/mol. The SMILES string of the molecule is C=Cc1ccc(/C=C/C(=O)CC(=O)/C=C/c2ccc(O)c(OC)c2)cc1OC. The van der Waals surface area contributed by atoms with Crippen LogP contribution in [0.3, 0.4) is 0 Å². The van der Waals surface area contributed by atoms with Crippen LogP contribution in [0.2, 0.25) is 0 Å². The predicted molar refractivity (Wildman–Crippen MR) is 110 cm³/mol. The summed E-state index contributed by atoms with van der Waals surface area (Å²) in [4.78, 5) is 24.0. The Labute approximate surface area is 164 Å². The van der Waals surface area contributed by atoms with E-state index in [-0.39, 0.29) is 23.7 Å². The molecule has 0 saturated heterocycles. The number of methoxy groups -OCH3 is 2. The standard InChI is InChI=1S/C23H22O5/c1-4-18-9-5-16(13-22(18)27-2)6-10-19(24)15-20(25)11-7-17-8-12-21(26)23(14-17)28-3/h4-14,26H,1,15H2,2-3H3/b10-6+,11-7+. The van der Waals surface area contributed by atoms with Crippen molar-refractivity contribution in [2.75, 3.05) is 14.2 Å². The molecule has 0 saturated carbocycles. The molecule has 5 heteroatoms. The van der Waals surface area contributed by atoms with Crippen molar-refractivity contribution in [2.24, 2.45) is 0 Å². The van der Waals surface area contributed by atoms with Crippen LogP contribution in [0.4, 0.5) is 0 Å². The molecule has 0 atom stereocenters. The molecule has 0 bridgehead atoms. The van der Waals surface area contributed by atoms with Crippen LogP contribution in [0.15, 0.2) is 55.1 Å². The van der Waals surface area contributed by atoms with E-state index in [0.29, 0.717) is 17.1 Å². The molecule has 0 unspecified atom stereocenters. The highest BCUT2D eigenvalue weighted by Crippen LogP contribution is 2.26. The third kappa shape index (κ3) is 5.71. The third-order valence-electron chi connectivity index (χ3n) is 3.95. The average Bonchev–Trinajstić information content (AvgIpc) is 2.71. The number of carbonyl (C=O) groups is 2. The highest BCUT2D eigenvalue weighted by molar-refractivity contribution is 6.10. The van der Waals surface area contributed by atoms with Crippen molar-refractivity contribution in [2.45, 2.75) is 6.42 Å². The Morgan fingerprint density at radius 2 is 1.46 bits per heavy atom. The van der Waals surface area contributed by atoms with Gasteiger partial charge in [0, 0.05) is 5.56 Å². The maximum absolute atomic E-state index is 12.0. The number of carbonyl (C=O) groups excluding carboxylic acids is 2. The highest BCUT2D eigenvalue weighted by atomic mass is 16.5. The smallest absolute Gasteiger partial charge is 0.163 e. The van der Waals surface area contributed by atoms with Gasteiger partial charge in [0.15, 0.2) is 23.1 Å². The number of phenolic OH excluding ortho intramolecular Hbond substituents is 1. The summed E-state index contributed by atoms with van der Waals surface area (Å²) in [6, 6.07) is 10.2. The number of aromatic hydroxyl groups is 1. The lowest BCUT2D eigenvalue weighted by Crippen LogP contribution is -2.01. The van der Waals surface area contributed by atoms with Gasteiger partial charge in [0.2, 0.25) is 0 Å². The van der Waals surface area contributed by atoms with E-state index in [4.69, 9.17) is 9.47 Å². The minimum atomic E-state index is -0.318. The van der Waals surface area contributed by atoms with Crippen molar-refractivity contribution in [1.29, 1.82) is 0 Å². The molecule has 0 aliphatic carbocycles. The maximum atomic E-state index is 12.0. The van der Waals surface area contributed by atoms with Gasteiger partial charge in [-0.2, -0.15) is 0 Å². The van der Waals surface area contributed by atoms with Crippen LogP contribution in [-0.2, 0) is 9.59 Å². The molecule has 0 fully saturated rings. The maximum Gasteiger partial charge on any atom is 0.163 e.